The maximum atomic E-state index is 11.7. The molecular weight excluding hydrogens is 328 g/mol. The second-order valence-corrected chi connectivity index (χ2v) is 8.05. The van der Waals surface area contributed by atoms with E-state index >= 15 is 0 Å². The normalized spacial score (nSPS) is 44.6. The number of fused-ring (bicyclic) bond motifs is 3. The van der Waals surface area contributed by atoms with Gasteiger partial charge in [0.25, 0.3) is 0 Å². The lowest BCUT2D eigenvalue weighted by Crippen LogP contribution is -2.60. The third-order valence-electron chi connectivity index (χ3n) is 6.34. The maximum absolute atomic E-state index is 11.7. The van der Waals surface area contributed by atoms with Crippen molar-refractivity contribution in [1.29, 1.82) is 0 Å². The fraction of sp³-hybridized carbons (Fsp3) is 0.944. The molecule has 0 unspecified atom stereocenters. The van der Waals surface area contributed by atoms with Crippen LogP contribution < -0.4 is 5.11 Å². The van der Waals surface area contributed by atoms with Crippen LogP contribution in [0.5, 0.6) is 0 Å². The molecule has 2 aliphatic carbocycles. The molecule has 3 aliphatic heterocycles. The van der Waals surface area contributed by atoms with Gasteiger partial charge in [0.2, 0.25) is 0 Å². The van der Waals surface area contributed by atoms with Gasteiger partial charge in [-0.1, -0.05) is 12.8 Å². The average Bonchev–Trinajstić information content (AvgIpc) is 3.13. The largest absolute Gasteiger partial charge is 0.547 e. The molecule has 5 aliphatic rings. The van der Waals surface area contributed by atoms with Crippen LogP contribution in [0.25, 0.3) is 0 Å². The van der Waals surface area contributed by atoms with Crippen molar-refractivity contribution in [2.75, 3.05) is 0 Å². The van der Waals surface area contributed by atoms with E-state index < -0.39 is 48.2 Å². The van der Waals surface area contributed by atoms with E-state index in [2.05, 4.69) is 0 Å². The fourth-order valence-electron chi connectivity index (χ4n) is 5.15. The zero-order valence-corrected chi connectivity index (χ0v) is 14.3. The van der Waals surface area contributed by atoms with E-state index in [1.165, 1.54) is 6.42 Å². The molecule has 7 heteroatoms. The summed E-state index contributed by atoms with van der Waals surface area (Å²) >= 11 is 0. The van der Waals surface area contributed by atoms with Gasteiger partial charge in [-0.15, -0.1) is 0 Å². The molecule has 0 aromatic carbocycles. The molecule has 140 valence electrons. The molecular formula is C18H25O7-. The van der Waals surface area contributed by atoms with Crippen molar-refractivity contribution in [3.05, 3.63) is 0 Å². The lowest BCUT2D eigenvalue weighted by molar-refractivity contribution is -0.335. The Morgan fingerprint density at radius 3 is 1.84 bits per heavy atom. The number of carbonyl (C=O) groups is 1. The van der Waals surface area contributed by atoms with E-state index in [0.717, 1.165) is 57.8 Å². The van der Waals surface area contributed by atoms with Crippen molar-refractivity contribution in [1.82, 2.24) is 0 Å². The lowest BCUT2D eigenvalue weighted by Gasteiger charge is -2.37. The van der Waals surface area contributed by atoms with Crippen LogP contribution in [0.15, 0.2) is 0 Å². The second kappa shape index (κ2) is 5.89. The fourth-order valence-corrected chi connectivity index (χ4v) is 5.15. The van der Waals surface area contributed by atoms with E-state index in [0.29, 0.717) is 0 Å². The summed E-state index contributed by atoms with van der Waals surface area (Å²) in [6.07, 6.45) is 6.07. The molecule has 0 amide bonds. The predicted octanol–water partition coefficient (Wildman–Crippen LogP) is 0.981. The SMILES string of the molecule is O=C([O-])[C@@H]1O[C@H]2OC3(CCCCC3)O[C@@H]2[C@@H]2OC3(CCCCC3)O[C@H]21. The quantitative estimate of drug-likeness (QED) is 0.694. The molecule has 0 aromatic heterocycles. The molecule has 5 atom stereocenters. The van der Waals surface area contributed by atoms with Crippen LogP contribution in [0, 0.1) is 0 Å². The number of ether oxygens (including phenoxy) is 5. The number of hydrogen-bond acceptors (Lipinski definition) is 7. The van der Waals surface area contributed by atoms with Crippen molar-refractivity contribution >= 4 is 5.97 Å². The maximum Gasteiger partial charge on any atom is 0.190 e. The smallest absolute Gasteiger partial charge is 0.190 e. The van der Waals surface area contributed by atoms with Crippen molar-refractivity contribution in [3.63, 3.8) is 0 Å². The molecule has 5 fully saturated rings. The van der Waals surface area contributed by atoms with Crippen LogP contribution in [0.3, 0.4) is 0 Å². The van der Waals surface area contributed by atoms with Gasteiger partial charge in [0, 0.05) is 25.7 Å². The Morgan fingerprint density at radius 1 is 0.720 bits per heavy atom. The number of aliphatic carboxylic acids is 1. The molecule has 5 rings (SSSR count). The molecule has 0 bridgehead atoms. The first kappa shape index (κ1) is 16.4. The highest BCUT2D eigenvalue weighted by Crippen LogP contribution is 2.50. The number of carboxylic acid groups (broad SMARTS) is 1. The molecule has 25 heavy (non-hydrogen) atoms. The minimum Gasteiger partial charge on any atom is -0.547 e. The summed E-state index contributed by atoms with van der Waals surface area (Å²) in [5.41, 5.74) is 0. The van der Waals surface area contributed by atoms with Gasteiger partial charge in [-0.25, -0.2) is 0 Å². The summed E-state index contributed by atoms with van der Waals surface area (Å²) < 4.78 is 30.6. The Kier molecular flexibility index (Phi) is 3.87. The van der Waals surface area contributed by atoms with Crippen LogP contribution in [-0.2, 0) is 28.5 Å². The van der Waals surface area contributed by atoms with Gasteiger partial charge in [0.05, 0.1) is 5.97 Å². The van der Waals surface area contributed by atoms with Gasteiger partial charge in [-0.2, -0.15) is 0 Å². The van der Waals surface area contributed by atoms with Crippen LogP contribution in [0.1, 0.15) is 64.2 Å². The van der Waals surface area contributed by atoms with Crippen molar-refractivity contribution in [2.45, 2.75) is 106 Å². The van der Waals surface area contributed by atoms with E-state index in [9.17, 15) is 9.90 Å². The zero-order valence-electron chi connectivity index (χ0n) is 14.3. The van der Waals surface area contributed by atoms with E-state index in [4.69, 9.17) is 23.7 Å². The molecule has 0 N–H and O–H groups in total. The summed E-state index contributed by atoms with van der Waals surface area (Å²) in [4.78, 5) is 11.7. The number of hydrogen-bond donors (Lipinski definition) is 0. The number of rotatable bonds is 1. The Morgan fingerprint density at radius 2 is 1.24 bits per heavy atom. The summed E-state index contributed by atoms with van der Waals surface area (Å²) in [5.74, 6) is -2.64. The Labute approximate surface area is 146 Å². The van der Waals surface area contributed by atoms with Gasteiger partial charge >= 0.3 is 0 Å². The Hall–Kier alpha value is -0.730. The van der Waals surface area contributed by atoms with Gasteiger partial charge in [0.15, 0.2) is 17.9 Å². The van der Waals surface area contributed by atoms with Gasteiger partial charge in [-0.3, -0.25) is 0 Å². The second-order valence-electron chi connectivity index (χ2n) is 8.05. The molecule has 0 radical (unpaired) electrons. The van der Waals surface area contributed by atoms with E-state index in [-0.39, 0.29) is 0 Å². The van der Waals surface area contributed by atoms with E-state index in [1.807, 2.05) is 0 Å². The first-order valence-corrected chi connectivity index (χ1v) is 9.68. The first-order valence-electron chi connectivity index (χ1n) is 9.68. The summed E-state index contributed by atoms with van der Waals surface area (Å²) in [5, 5.41) is 11.7. The Balaban J connectivity index is 1.43. The van der Waals surface area contributed by atoms with Crippen LogP contribution in [0.4, 0.5) is 0 Å². The van der Waals surface area contributed by atoms with Crippen molar-refractivity contribution < 1.29 is 33.6 Å². The van der Waals surface area contributed by atoms with Crippen LogP contribution in [0.2, 0.25) is 0 Å². The highest BCUT2D eigenvalue weighted by molar-refractivity contribution is 5.71. The minimum atomic E-state index is -1.28. The number of carbonyl (C=O) groups excluding carboxylic acids is 1. The van der Waals surface area contributed by atoms with Gasteiger partial charge in [0.1, 0.15) is 24.4 Å². The summed E-state index contributed by atoms with van der Waals surface area (Å²) in [6, 6.07) is 0. The summed E-state index contributed by atoms with van der Waals surface area (Å²) in [6.45, 7) is 0. The van der Waals surface area contributed by atoms with E-state index in [1.54, 1.807) is 0 Å². The van der Waals surface area contributed by atoms with Crippen molar-refractivity contribution in [3.8, 4) is 0 Å². The summed E-state index contributed by atoms with van der Waals surface area (Å²) in [7, 11) is 0. The Bertz CT molecular complexity index is 538. The first-order chi connectivity index (χ1) is 12.1. The third kappa shape index (κ3) is 2.63. The molecule has 3 saturated heterocycles. The molecule has 7 nitrogen and oxygen atoms in total. The monoisotopic (exact) mass is 353 g/mol. The third-order valence-corrected chi connectivity index (χ3v) is 6.34. The topological polar surface area (TPSA) is 86.3 Å². The molecule has 2 spiro atoms. The lowest BCUT2D eigenvalue weighted by atomic mass is 9.94. The predicted molar refractivity (Wildman–Crippen MR) is 81.0 cm³/mol. The molecule has 0 aromatic rings. The van der Waals surface area contributed by atoms with Crippen molar-refractivity contribution in [2.24, 2.45) is 0 Å². The molecule has 2 saturated carbocycles. The van der Waals surface area contributed by atoms with Crippen LogP contribution >= 0.6 is 0 Å². The molecule has 3 heterocycles. The van der Waals surface area contributed by atoms with Crippen LogP contribution in [-0.4, -0.2) is 48.2 Å². The minimum absolute atomic E-state index is 0.444. The van der Waals surface area contributed by atoms with Gasteiger partial charge < -0.3 is 33.6 Å². The standard InChI is InChI=1S/C18H26O7/c19-15(20)13-11-12(23-17(22-11)7-3-1-4-8-17)14-16(21-13)25-18(24-14)9-5-2-6-10-18/h11-14,16H,1-10H2,(H,19,20)/p-1/t11-,12-,13-,14-,16+/m1/s1. The highest BCUT2D eigenvalue weighted by atomic mass is 16.9. The highest BCUT2D eigenvalue weighted by Gasteiger charge is 2.64. The van der Waals surface area contributed by atoms with Gasteiger partial charge in [-0.05, 0) is 25.7 Å². The zero-order chi connectivity index (χ0) is 17.1. The average molecular weight is 353 g/mol. The number of carboxylic acids is 1.